The maximum Gasteiger partial charge on any atom is 0.185 e. The largest absolute Gasteiger partial charge is 0.494 e. The first-order chi connectivity index (χ1) is 14.5. The van der Waals surface area contributed by atoms with Crippen molar-refractivity contribution in [2.45, 2.75) is 77.0 Å². The molecule has 0 radical (unpaired) electrons. The quantitative estimate of drug-likeness (QED) is 0.138. The summed E-state index contributed by atoms with van der Waals surface area (Å²) in [4.78, 5) is 3.99. The molecule has 0 atom stereocenters. The van der Waals surface area contributed by atoms with E-state index in [1.807, 2.05) is 12.1 Å². The highest BCUT2D eigenvalue weighted by atomic mass is 16.5. The highest BCUT2D eigenvalue weighted by Crippen LogP contribution is 2.14. The molecule has 0 saturated carbocycles. The number of unbranched alkanes of at least 4 members (excludes halogenated alkanes) is 8. The van der Waals surface area contributed by atoms with Crippen LogP contribution in [0.1, 0.15) is 82.6 Å². The second-order valence-electron chi connectivity index (χ2n) is 7.73. The van der Waals surface area contributed by atoms with Gasteiger partial charge in [0.25, 0.3) is 0 Å². The molecule has 1 rings (SSSR count). The van der Waals surface area contributed by atoms with E-state index in [0.29, 0.717) is 12.2 Å². The van der Waals surface area contributed by atoms with Crippen molar-refractivity contribution in [1.82, 2.24) is 0 Å². The number of hydrogen-bond donors (Lipinski definition) is 5. The fourth-order valence-corrected chi connectivity index (χ4v) is 3.21. The Morgan fingerprint density at radius 1 is 0.733 bits per heavy atom. The average Bonchev–Trinajstić information content (AvgIpc) is 2.72. The normalized spacial score (nSPS) is 10.5. The molecule has 0 amide bonds. The summed E-state index contributed by atoms with van der Waals surface area (Å²) in [6.07, 6.45) is 13.3. The Hall–Kier alpha value is -2.57. The summed E-state index contributed by atoms with van der Waals surface area (Å²) < 4.78 is 5.71. The third kappa shape index (κ3) is 13.6. The van der Waals surface area contributed by atoms with Crippen LogP contribution in [0, 0.1) is 10.8 Å². The van der Waals surface area contributed by atoms with E-state index in [1.54, 1.807) is 12.1 Å². The first-order valence-electron chi connectivity index (χ1n) is 11.2. The first-order valence-corrected chi connectivity index (χ1v) is 11.2. The number of hydrogen-bond acceptors (Lipinski definition) is 4. The van der Waals surface area contributed by atoms with Crippen LogP contribution >= 0.6 is 0 Å². The van der Waals surface area contributed by atoms with E-state index in [9.17, 15) is 0 Å². The Bertz CT molecular complexity index is 638. The molecule has 7 heteroatoms. The van der Waals surface area contributed by atoms with Crippen LogP contribution in [0.25, 0.3) is 0 Å². The van der Waals surface area contributed by atoms with E-state index < -0.39 is 0 Å². The molecule has 30 heavy (non-hydrogen) atoms. The van der Waals surface area contributed by atoms with Crippen molar-refractivity contribution in [3.05, 3.63) is 29.8 Å². The molecule has 1 aromatic rings. The molecule has 1 aromatic carbocycles. The molecule has 8 N–H and O–H groups in total. The van der Waals surface area contributed by atoms with Gasteiger partial charge in [0.2, 0.25) is 0 Å². The fourth-order valence-electron chi connectivity index (χ4n) is 3.21. The van der Waals surface area contributed by atoms with Crippen LogP contribution in [-0.4, -0.2) is 30.7 Å². The lowest BCUT2D eigenvalue weighted by Gasteiger charge is -2.07. The van der Waals surface area contributed by atoms with Gasteiger partial charge in [-0.3, -0.25) is 10.4 Å². The van der Waals surface area contributed by atoms with Crippen molar-refractivity contribution in [3.8, 4) is 5.75 Å². The molecule has 0 aliphatic rings. The third-order valence-electron chi connectivity index (χ3n) is 4.99. The molecule has 0 bridgehead atoms. The van der Waals surface area contributed by atoms with E-state index >= 15 is 0 Å². The molecule has 0 heterocycles. The van der Waals surface area contributed by atoms with Gasteiger partial charge in [-0.05, 0) is 69.2 Å². The van der Waals surface area contributed by atoms with Gasteiger partial charge in [-0.1, -0.05) is 32.1 Å². The minimum absolute atomic E-state index is 0.0694. The lowest BCUT2D eigenvalue weighted by molar-refractivity contribution is 0.305. The number of nitrogens with zero attached hydrogens (tertiary/aromatic N) is 1. The Morgan fingerprint density at radius 3 is 1.83 bits per heavy atom. The van der Waals surface area contributed by atoms with Gasteiger partial charge >= 0.3 is 0 Å². The number of nitrogen functional groups attached to an aromatic ring is 1. The molecule has 168 valence electrons. The molecule has 0 aromatic heterocycles. The van der Waals surface area contributed by atoms with Gasteiger partial charge in [0.05, 0.1) is 6.61 Å². The summed E-state index contributed by atoms with van der Waals surface area (Å²) in [5, 5.41) is 15.5. The molecular weight excluding hydrogens is 376 g/mol. The predicted octanol–water partition coefficient (Wildman–Crippen LogP) is 4.32. The summed E-state index contributed by atoms with van der Waals surface area (Å²) in [6.45, 7) is 1.42. The number of nitrogens with one attached hydrogen (secondary N) is 2. The van der Waals surface area contributed by atoms with Gasteiger partial charge in [0, 0.05) is 17.8 Å². The summed E-state index contributed by atoms with van der Waals surface area (Å²) in [5.74, 6) is 1.06. The molecule has 0 saturated heterocycles. The number of rotatable bonds is 18. The van der Waals surface area contributed by atoms with E-state index in [4.69, 9.17) is 32.8 Å². The van der Waals surface area contributed by atoms with Crippen LogP contribution in [0.4, 0.5) is 0 Å². The van der Waals surface area contributed by atoms with Gasteiger partial charge in [-0.2, -0.15) is 0 Å². The second kappa shape index (κ2) is 16.3. The zero-order chi connectivity index (χ0) is 22.0. The molecule has 0 unspecified atom stereocenters. The average molecular weight is 417 g/mol. The first kappa shape index (κ1) is 25.5. The number of guanidine groups is 1. The SMILES string of the molecule is N=C(CCCCCCCCCN=C(N)N)CCCCCOc1ccc(C(=N)N)cc1. The van der Waals surface area contributed by atoms with Crippen molar-refractivity contribution in [1.29, 1.82) is 10.8 Å². The minimum atomic E-state index is 0.0694. The van der Waals surface area contributed by atoms with E-state index in [-0.39, 0.29) is 11.8 Å². The van der Waals surface area contributed by atoms with Gasteiger partial charge in [0.15, 0.2) is 5.96 Å². The van der Waals surface area contributed by atoms with Crippen LogP contribution in [0.15, 0.2) is 29.3 Å². The standard InChI is InChI=1S/C23H40N6O/c24-20(11-7-4-2-1-3-5-9-17-29-23(27)28)12-8-6-10-18-30-21-15-13-19(14-16-21)22(25)26/h13-16,24H,1-12,17-18H2,(H3,25,26)(H4,27,28,29). The summed E-state index contributed by atoms with van der Waals surface area (Å²) >= 11 is 0. The summed E-state index contributed by atoms with van der Waals surface area (Å²) in [5.41, 5.74) is 17.6. The number of benzene rings is 1. The summed E-state index contributed by atoms with van der Waals surface area (Å²) in [7, 11) is 0. The van der Waals surface area contributed by atoms with Crippen molar-refractivity contribution in [2.75, 3.05) is 13.2 Å². The van der Waals surface area contributed by atoms with E-state index in [2.05, 4.69) is 4.99 Å². The summed E-state index contributed by atoms with van der Waals surface area (Å²) in [6, 6.07) is 7.29. The third-order valence-corrected chi connectivity index (χ3v) is 4.99. The minimum Gasteiger partial charge on any atom is -0.494 e. The highest BCUT2D eigenvalue weighted by Gasteiger charge is 2.00. The zero-order valence-corrected chi connectivity index (χ0v) is 18.3. The van der Waals surface area contributed by atoms with E-state index in [0.717, 1.165) is 63.0 Å². The Kier molecular flexibility index (Phi) is 13.8. The predicted molar refractivity (Wildman–Crippen MR) is 127 cm³/mol. The number of amidine groups is 1. The van der Waals surface area contributed by atoms with Crippen LogP contribution in [0.3, 0.4) is 0 Å². The smallest absolute Gasteiger partial charge is 0.185 e. The van der Waals surface area contributed by atoms with Crippen molar-refractivity contribution in [3.63, 3.8) is 0 Å². The molecule has 0 aliphatic heterocycles. The molecule has 0 aliphatic carbocycles. The van der Waals surface area contributed by atoms with Crippen LogP contribution < -0.4 is 21.9 Å². The van der Waals surface area contributed by atoms with Crippen molar-refractivity contribution in [2.24, 2.45) is 22.2 Å². The van der Waals surface area contributed by atoms with Crippen molar-refractivity contribution < 1.29 is 4.74 Å². The van der Waals surface area contributed by atoms with Crippen LogP contribution in [0.2, 0.25) is 0 Å². The topological polar surface area (TPSA) is 147 Å². The Morgan fingerprint density at radius 2 is 1.27 bits per heavy atom. The number of aliphatic imine (C=N–C) groups is 1. The Labute approximate surface area is 181 Å². The molecular formula is C23H40N6O. The lowest BCUT2D eigenvalue weighted by Crippen LogP contribution is -2.22. The van der Waals surface area contributed by atoms with Crippen LogP contribution in [0.5, 0.6) is 5.75 Å². The second-order valence-corrected chi connectivity index (χ2v) is 7.73. The highest BCUT2D eigenvalue weighted by molar-refractivity contribution is 5.94. The lowest BCUT2D eigenvalue weighted by atomic mass is 10.0. The number of nitrogens with two attached hydrogens (primary N) is 3. The maximum atomic E-state index is 8.09. The van der Waals surface area contributed by atoms with Crippen LogP contribution in [-0.2, 0) is 0 Å². The zero-order valence-electron chi connectivity index (χ0n) is 18.3. The van der Waals surface area contributed by atoms with Gasteiger partial charge in [-0.25, -0.2) is 0 Å². The maximum absolute atomic E-state index is 8.09. The fraction of sp³-hybridized carbons (Fsp3) is 0.609. The van der Waals surface area contributed by atoms with Gasteiger partial charge in [0.1, 0.15) is 11.6 Å². The Balaban J connectivity index is 1.89. The molecule has 0 spiro atoms. The molecule has 7 nitrogen and oxygen atoms in total. The number of ether oxygens (including phenoxy) is 1. The molecule has 0 fully saturated rings. The monoisotopic (exact) mass is 416 g/mol. The van der Waals surface area contributed by atoms with Crippen molar-refractivity contribution >= 4 is 17.5 Å². The van der Waals surface area contributed by atoms with E-state index in [1.165, 1.54) is 32.1 Å². The van der Waals surface area contributed by atoms with Gasteiger partial charge < -0.3 is 27.3 Å². The van der Waals surface area contributed by atoms with Gasteiger partial charge in [-0.15, -0.1) is 0 Å².